The van der Waals surface area contributed by atoms with Crippen LogP contribution in [0.3, 0.4) is 0 Å². The predicted octanol–water partition coefficient (Wildman–Crippen LogP) is 10.5. The van der Waals surface area contributed by atoms with E-state index in [-0.39, 0.29) is 23.9 Å². The molecule has 0 aliphatic carbocycles. The Labute approximate surface area is 238 Å². The lowest BCUT2D eigenvalue weighted by Crippen LogP contribution is -2.42. The third kappa shape index (κ3) is 20.1. The predicted molar refractivity (Wildman–Crippen MR) is 166 cm³/mol. The Morgan fingerprint density at radius 2 is 1.03 bits per heavy atom. The first-order chi connectivity index (χ1) is 18.2. The number of hydrogen-bond donors (Lipinski definition) is 0. The highest BCUT2D eigenvalue weighted by Gasteiger charge is 2.42. The highest BCUT2D eigenvalue weighted by molar-refractivity contribution is 6.82. The molecule has 1 atom stereocenters. The fraction of sp³-hybridized carbons (Fsp3) is 0.939. The van der Waals surface area contributed by atoms with Gasteiger partial charge in [-0.2, -0.15) is 0 Å². The van der Waals surface area contributed by atoms with E-state index in [0.717, 1.165) is 75.3 Å². The quantitative estimate of drug-likeness (QED) is 0.0606. The summed E-state index contributed by atoms with van der Waals surface area (Å²) in [5, 5.41) is 0. The van der Waals surface area contributed by atoms with Gasteiger partial charge in [0.05, 0.1) is 33.2 Å². The first-order valence-corrected chi connectivity index (χ1v) is 19.5. The highest BCUT2D eigenvalue weighted by Crippen LogP contribution is 2.37. The van der Waals surface area contributed by atoms with Crippen molar-refractivity contribution in [3.63, 3.8) is 0 Å². The smallest absolute Gasteiger partial charge is 0.306 e. The Bertz CT molecular complexity index is 567. The number of carbonyl (C=O) groups is 2. The molecule has 0 amide bonds. The second-order valence-corrected chi connectivity index (χ2v) is 17.9. The average Bonchev–Trinajstić information content (AvgIpc) is 2.87. The van der Waals surface area contributed by atoms with Crippen molar-refractivity contribution in [3.05, 3.63) is 0 Å². The molecule has 0 N–H and O–H groups in total. The maximum absolute atomic E-state index is 13.4. The van der Waals surface area contributed by atoms with Crippen LogP contribution in [-0.4, -0.2) is 33.2 Å². The summed E-state index contributed by atoms with van der Waals surface area (Å²) in [6, 6.07) is 2.17. The summed E-state index contributed by atoms with van der Waals surface area (Å²) in [7, 11) is -2.00. The molecule has 0 heterocycles. The van der Waals surface area contributed by atoms with Crippen molar-refractivity contribution in [1.82, 2.24) is 0 Å². The van der Waals surface area contributed by atoms with E-state index in [1.807, 2.05) is 0 Å². The lowest BCUT2D eigenvalue weighted by molar-refractivity contribution is -0.150. The number of carbonyl (C=O) groups excluding carboxylic acids is 2. The van der Waals surface area contributed by atoms with Gasteiger partial charge in [-0.15, -0.1) is 0 Å². The highest BCUT2D eigenvalue weighted by atomic mass is 28.3. The summed E-state index contributed by atoms with van der Waals surface area (Å²) in [5.41, 5.74) is -0.282. The van der Waals surface area contributed by atoms with E-state index < -0.39 is 8.07 Å². The second-order valence-electron chi connectivity index (χ2n) is 12.9. The molecular weight excluding hydrogens is 488 g/mol. The van der Waals surface area contributed by atoms with Crippen LogP contribution in [-0.2, 0) is 19.1 Å². The van der Waals surface area contributed by atoms with E-state index in [0.29, 0.717) is 13.2 Å². The molecule has 1 unspecified atom stereocenters. The Hall–Kier alpha value is -0.843. The number of hydrogen-bond acceptors (Lipinski definition) is 4. The van der Waals surface area contributed by atoms with Crippen LogP contribution in [0.2, 0.25) is 24.2 Å². The van der Waals surface area contributed by atoms with Crippen molar-refractivity contribution in [2.75, 3.05) is 13.2 Å². The molecular formula is C33H66O4Si. The van der Waals surface area contributed by atoms with Crippen molar-refractivity contribution in [1.29, 1.82) is 0 Å². The first-order valence-electron chi connectivity index (χ1n) is 16.5. The number of esters is 2. The summed E-state index contributed by atoms with van der Waals surface area (Å²) in [4.78, 5) is 26.3. The molecule has 0 aromatic heterocycles. The molecule has 0 saturated heterocycles. The molecule has 0 radical (unpaired) electrons. The zero-order valence-electron chi connectivity index (χ0n) is 26.7. The molecule has 5 heteroatoms. The van der Waals surface area contributed by atoms with Crippen LogP contribution >= 0.6 is 0 Å². The van der Waals surface area contributed by atoms with Gasteiger partial charge < -0.3 is 9.47 Å². The fourth-order valence-corrected chi connectivity index (χ4v) is 9.89. The third-order valence-corrected chi connectivity index (χ3v) is 13.2. The molecule has 0 aliphatic rings. The molecule has 0 aromatic rings. The Morgan fingerprint density at radius 3 is 1.47 bits per heavy atom. The van der Waals surface area contributed by atoms with Crippen molar-refractivity contribution < 1.29 is 19.1 Å². The molecule has 0 spiro atoms. The number of rotatable bonds is 26. The summed E-state index contributed by atoms with van der Waals surface area (Å²) in [6.07, 6.45) is 18.8. The fourth-order valence-electron chi connectivity index (χ4n) is 5.30. The van der Waals surface area contributed by atoms with Gasteiger partial charge in [0.2, 0.25) is 0 Å². The van der Waals surface area contributed by atoms with Gasteiger partial charge in [0.25, 0.3) is 0 Å². The van der Waals surface area contributed by atoms with Gasteiger partial charge in [-0.25, -0.2) is 0 Å². The van der Waals surface area contributed by atoms with Gasteiger partial charge in [-0.3, -0.25) is 9.59 Å². The maximum Gasteiger partial charge on any atom is 0.306 e. The SMILES string of the molecule is CCCC[Si](C)(CCCC)C(CC(=O)OCCCCCCCC(C)C)C(=O)OCCCCCCCC(C)C. The van der Waals surface area contributed by atoms with E-state index in [4.69, 9.17) is 9.47 Å². The van der Waals surface area contributed by atoms with Gasteiger partial charge in [0.15, 0.2) is 0 Å². The average molecular weight is 555 g/mol. The zero-order chi connectivity index (χ0) is 28.7. The Balaban J connectivity index is 4.78. The molecule has 226 valence electrons. The van der Waals surface area contributed by atoms with Crippen molar-refractivity contribution in [3.8, 4) is 0 Å². The number of ether oxygens (including phenoxy) is 2. The van der Waals surface area contributed by atoms with E-state index in [1.54, 1.807) is 0 Å². The van der Waals surface area contributed by atoms with E-state index in [1.165, 1.54) is 51.4 Å². The Morgan fingerprint density at radius 1 is 0.605 bits per heavy atom. The van der Waals surface area contributed by atoms with Crippen LogP contribution in [0.1, 0.15) is 151 Å². The molecule has 0 fully saturated rings. The van der Waals surface area contributed by atoms with Gasteiger partial charge in [-0.05, 0) is 24.7 Å². The van der Waals surface area contributed by atoms with Crippen LogP contribution in [0.4, 0.5) is 0 Å². The van der Waals surface area contributed by atoms with Crippen LogP contribution in [0.5, 0.6) is 0 Å². The summed E-state index contributed by atoms with van der Waals surface area (Å²) in [5.74, 6) is 1.22. The van der Waals surface area contributed by atoms with Gasteiger partial charge in [0.1, 0.15) is 0 Å². The zero-order valence-corrected chi connectivity index (χ0v) is 27.7. The minimum Gasteiger partial charge on any atom is -0.466 e. The third-order valence-electron chi connectivity index (χ3n) is 8.06. The second kappa shape index (κ2) is 24.0. The van der Waals surface area contributed by atoms with Gasteiger partial charge >= 0.3 is 11.9 Å². The normalized spacial score (nSPS) is 12.8. The lowest BCUT2D eigenvalue weighted by atomic mass is 10.0. The van der Waals surface area contributed by atoms with Gasteiger partial charge in [-0.1, -0.05) is 150 Å². The van der Waals surface area contributed by atoms with E-state index in [9.17, 15) is 9.59 Å². The molecule has 0 bridgehead atoms. The topological polar surface area (TPSA) is 52.6 Å². The molecule has 0 rings (SSSR count). The molecule has 0 aromatic carbocycles. The first kappa shape index (κ1) is 37.2. The monoisotopic (exact) mass is 554 g/mol. The standard InChI is InChI=1S/C33H66O4Si/c1-8-10-26-38(7,27-11-9-2)31(33(35)37-25-21-17-13-15-19-23-30(5)6)28-32(34)36-24-20-16-12-14-18-22-29(3)4/h29-31H,8-28H2,1-7H3. The van der Waals surface area contributed by atoms with Crippen LogP contribution in [0.15, 0.2) is 0 Å². The van der Waals surface area contributed by atoms with Crippen molar-refractivity contribution in [2.24, 2.45) is 11.8 Å². The summed E-state index contributed by atoms with van der Waals surface area (Å²) >= 11 is 0. The largest absolute Gasteiger partial charge is 0.466 e. The van der Waals surface area contributed by atoms with Crippen molar-refractivity contribution >= 4 is 20.0 Å². The van der Waals surface area contributed by atoms with E-state index in [2.05, 4.69) is 48.1 Å². The lowest BCUT2D eigenvalue weighted by Gasteiger charge is -2.34. The molecule has 4 nitrogen and oxygen atoms in total. The molecule has 0 aliphatic heterocycles. The van der Waals surface area contributed by atoms with Crippen LogP contribution in [0.25, 0.3) is 0 Å². The maximum atomic E-state index is 13.4. The minimum absolute atomic E-state index is 0.131. The van der Waals surface area contributed by atoms with E-state index >= 15 is 0 Å². The van der Waals surface area contributed by atoms with Crippen molar-refractivity contribution in [2.45, 2.75) is 175 Å². The molecule has 0 saturated carbocycles. The minimum atomic E-state index is -2.00. The van der Waals surface area contributed by atoms with Gasteiger partial charge in [0, 0.05) is 0 Å². The summed E-state index contributed by atoms with van der Waals surface area (Å²) < 4.78 is 11.5. The summed E-state index contributed by atoms with van der Waals surface area (Å²) in [6.45, 7) is 16.8. The van der Waals surface area contributed by atoms with Crippen LogP contribution < -0.4 is 0 Å². The van der Waals surface area contributed by atoms with Crippen LogP contribution in [0, 0.1) is 11.8 Å². The molecule has 38 heavy (non-hydrogen) atoms. The number of unbranched alkanes of at least 4 members (excludes halogenated alkanes) is 10. The Kier molecular flexibility index (Phi) is 23.5.